The second-order valence-corrected chi connectivity index (χ2v) is 8.32. The zero-order chi connectivity index (χ0) is 17.9. The monoisotopic (exact) mass is 359 g/mol. The number of hydrogen-bond donors (Lipinski definition) is 1. The van der Waals surface area contributed by atoms with Crippen molar-refractivity contribution in [1.82, 2.24) is 4.31 Å². The van der Waals surface area contributed by atoms with Gasteiger partial charge in [-0.25, -0.2) is 8.42 Å². The summed E-state index contributed by atoms with van der Waals surface area (Å²) in [6, 6.07) is 16.1. The van der Waals surface area contributed by atoms with Crippen LogP contribution in [0.4, 0.5) is 0 Å². The molecule has 2 aromatic rings. The van der Waals surface area contributed by atoms with Crippen molar-refractivity contribution in [2.24, 2.45) is 0 Å². The maximum Gasteiger partial charge on any atom is 0.322 e. The van der Waals surface area contributed by atoms with Crippen LogP contribution in [0, 0.1) is 0 Å². The highest BCUT2D eigenvalue weighted by Gasteiger charge is 2.38. The van der Waals surface area contributed by atoms with Crippen LogP contribution in [0.1, 0.15) is 23.1 Å². The van der Waals surface area contributed by atoms with Gasteiger partial charge in [0.05, 0.1) is 5.75 Å². The third-order valence-corrected chi connectivity index (χ3v) is 6.46. The predicted octanol–water partition coefficient (Wildman–Crippen LogP) is 2.46. The second-order valence-electron chi connectivity index (χ2n) is 6.28. The largest absolute Gasteiger partial charge is 0.480 e. The van der Waals surface area contributed by atoms with Crippen molar-refractivity contribution < 1.29 is 18.3 Å². The molecule has 0 unspecified atom stereocenters. The third-order valence-electron chi connectivity index (χ3n) is 4.56. The molecule has 2 aromatic carbocycles. The van der Waals surface area contributed by atoms with Gasteiger partial charge in [-0.15, -0.1) is 0 Å². The van der Waals surface area contributed by atoms with Crippen LogP contribution in [0.5, 0.6) is 0 Å². The molecule has 132 valence electrons. The van der Waals surface area contributed by atoms with Gasteiger partial charge in [0.2, 0.25) is 10.0 Å². The van der Waals surface area contributed by atoms with Crippen LogP contribution in [0.2, 0.25) is 0 Å². The van der Waals surface area contributed by atoms with Gasteiger partial charge < -0.3 is 5.11 Å². The minimum absolute atomic E-state index is 0.0478. The van der Waals surface area contributed by atoms with E-state index in [4.69, 9.17) is 0 Å². The van der Waals surface area contributed by atoms with Gasteiger partial charge in [-0.3, -0.25) is 4.79 Å². The SMILES string of the molecule is O=C(O)[C@H]1Cc2ccccc2CN1S(=O)(=O)CCCc1ccccc1. The molecule has 0 aromatic heterocycles. The molecule has 0 saturated heterocycles. The van der Waals surface area contributed by atoms with E-state index < -0.39 is 22.0 Å². The standard InChI is InChI=1S/C19H21NO4S/c21-19(22)18-13-16-10-4-5-11-17(16)14-20(18)25(23,24)12-6-9-15-7-2-1-3-8-15/h1-5,7-8,10-11,18H,6,9,12-14H2,(H,21,22)/t18-/m1/s1. The molecule has 1 aliphatic rings. The Hall–Kier alpha value is -2.18. The predicted molar refractivity (Wildman–Crippen MR) is 95.7 cm³/mol. The summed E-state index contributed by atoms with van der Waals surface area (Å²) >= 11 is 0. The van der Waals surface area contributed by atoms with Gasteiger partial charge in [0, 0.05) is 13.0 Å². The number of carboxylic acids is 1. The molecule has 0 amide bonds. The highest BCUT2D eigenvalue weighted by atomic mass is 32.2. The maximum absolute atomic E-state index is 12.8. The van der Waals surface area contributed by atoms with E-state index >= 15 is 0 Å². The summed E-state index contributed by atoms with van der Waals surface area (Å²) in [4.78, 5) is 11.6. The van der Waals surface area contributed by atoms with E-state index in [0.29, 0.717) is 12.8 Å². The van der Waals surface area contributed by atoms with Crippen molar-refractivity contribution in [3.8, 4) is 0 Å². The Morgan fingerprint density at radius 1 is 1.04 bits per heavy atom. The van der Waals surface area contributed by atoms with Gasteiger partial charge in [-0.2, -0.15) is 4.31 Å². The maximum atomic E-state index is 12.8. The molecule has 5 nitrogen and oxygen atoms in total. The lowest BCUT2D eigenvalue weighted by molar-refractivity contribution is -0.141. The molecule has 6 heteroatoms. The molecule has 0 spiro atoms. The van der Waals surface area contributed by atoms with E-state index in [9.17, 15) is 18.3 Å². The molecule has 1 heterocycles. The van der Waals surface area contributed by atoms with Crippen molar-refractivity contribution in [3.05, 3.63) is 71.3 Å². The van der Waals surface area contributed by atoms with Gasteiger partial charge in [-0.1, -0.05) is 54.6 Å². The van der Waals surface area contributed by atoms with Crippen molar-refractivity contribution in [2.75, 3.05) is 5.75 Å². The summed E-state index contributed by atoms with van der Waals surface area (Å²) in [5.74, 6) is -1.14. The zero-order valence-corrected chi connectivity index (χ0v) is 14.7. The summed E-state index contributed by atoms with van der Waals surface area (Å²) < 4.78 is 26.7. The Morgan fingerprint density at radius 3 is 2.36 bits per heavy atom. The van der Waals surface area contributed by atoms with E-state index in [2.05, 4.69) is 0 Å². The molecular weight excluding hydrogens is 338 g/mol. The molecule has 0 saturated carbocycles. The molecular formula is C19H21NO4S. The molecule has 0 radical (unpaired) electrons. The van der Waals surface area contributed by atoms with Crippen molar-refractivity contribution in [1.29, 1.82) is 0 Å². The van der Waals surface area contributed by atoms with Crippen molar-refractivity contribution >= 4 is 16.0 Å². The summed E-state index contributed by atoms with van der Waals surface area (Å²) in [5.41, 5.74) is 2.87. The molecule has 1 aliphatic heterocycles. The van der Waals surface area contributed by atoms with Gasteiger partial charge in [0.25, 0.3) is 0 Å². The second kappa shape index (κ2) is 7.37. The van der Waals surface area contributed by atoms with Crippen LogP contribution in [0.25, 0.3) is 0 Å². The first kappa shape index (κ1) is 17.6. The fraction of sp³-hybridized carbons (Fsp3) is 0.316. The molecule has 1 atom stereocenters. The van der Waals surface area contributed by atoms with Gasteiger partial charge in [0.15, 0.2) is 0 Å². The highest BCUT2D eigenvalue weighted by Crippen LogP contribution is 2.26. The summed E-state index contributed by atoms with van der Waals surface area (Å²) in [6.07, 6.45) is 1.34. The fourth-order valence-corrected chi connectivity index (χ4v) is 4.85. The summed E-state index contributed by atoms with van der Waals surface area (Å²) in [6.45, 7) is 0.126. The number of nitrogens with zero attached hydrogens (tertiary/aromatic N) is 1. The van der Waals surface area contributed by atoms with E-state index in [1.54, 1.807) is 0 Å². The topological polar surface area (TPSA) is 74.7 Å². The lowest BCUT2D eigenvalue weighted by atomic mass is 9.96. The lowest BCUT2D eigenvalue weighted by Gasteiger charge is -2.33. The number of sulfonamides is 1. The number of benzene rings is 2. The minimum atomic E-state index is -3.64. The van der Waals surface area contributed by atoms with Crippen LogP contribution in [0.15, 0.2) is 54.6 Å². The quantitative estimate of drug-likeness (QED) is 0.860. The Labute approximate surface area is 148 Å². The van der Waals surface area contributed by atoms with Gasteiger partial charge in [-0.05, 0) is 29.5 Å². The first-order valence-corrected chi connectivity index (χ1v) is 9.91. The average Bonchev–Trinajstić information content (AvgIpc) is 2.61. The number of hydrogen-bond acceptors (Lipinski definition) is 3. The first-order chi connectivity index (χ1) is 12.0. The Balaban J connectivity index is 1.74. The van der Waals surface area contributed by atoms with Crippen LogP contribution in [0.3, 0.4) is 0 Å². The summed E-state index contributed by atoms with van der Waals surface area (Å²) in [5, 5.41) is 9.49. The first-order valence-electron chi connectivity index (χ1n) is 8.30. The lowest BCUT2D eigenvalue weighted by Crippen LogP contribution is -2.49. The molecule has 0 aliphatic carbocycles. The Bertz CT molecular complexity index is 849. The Kier molecular flexibility index (Phi) is 5.20. The van der Waals surface area contributed by atoms with E-state index in [1.807, 2.05) is 54.6 Å². The van der Waals surface area contributed by atoms with Crippen LogP contribution >= 0.6 is 0 Å². The molecule has 25 heavy (non-hydrogen) atoms. The number of aryl methyl sites for hydroxylation is 1. The molecule has 3 rings (SSSR count). The fourth-order valence-electron chi connectivity index (χ4n) is 3.22. The molecule has 0 fully saturated rings. The average molecular weight is 359 g/mol. The van der Waals surface area contributed by atoms with E-state index in [-0.39, 0.29) is 18.7 Å². The number of fused-ring (bicyclic) bond motifs is 1. The molecule has 0 bridgehead atoms. The van der Waals surface area contributed by atoms with Gasteiger partial charge in [0.1, 0.15) is 6.04 Å². The minimum Gasteiger partial charge on any atom is -0.480 e. The van der Waals surface area contributed by atoms with Gasteiger partial charge >= 0.3 is 5.97 Å². The van der Waals surface area contributed by atoms with Crippen LogP contribution < -0.4 is 0 Å². The number of carboxylic acid groups (broad SMARTS) is 1. The zero-order valence-electron chi connectivity index (χ0n) is 13.8. The number of aliphatic carboxylic acids is 1. The van der Waals surface area contributed by atoms with E-state index in [0.717, 1.165) is 21.0 Å². The van der Waals surface area contributed by atoms with Crippen molar-refractivity contribution in [3.63, 3.8) is 0 Å². The van der Waals surface area contributed by atoms with Crippen molar-refractivity contribution in [2.45, 2.75) is 31.8 Å². The van der Waals surface area contributed by atoms with Crippen LogP contribution in [-0.2, 0) is 34.2 Å². The smallest absolute Gasteiger partial charge is 0.322 e. The Morgan fingerprint density at radius 2 is 1.68 bits per heavy atom. The number of carbonyl (C=O) groups is 1. The summed E-state index contributed by atoms with van der Waals surface area (Å²) in [7, 11) is -3.64. The molecule has 1 N–H and O–H groups in total. The third kappa shape index (κ3) is 4.08. The van der Waals surface area contributed by atoms with E-state index in [1.165, 1.54) is 0 Å². The number of rotatable bonds is 6. The highest BCUT2D eigenvalue weighted by molar-refractivity contribution is 7.89. The van der Waals surface area contributed by atoms with Crippen LogP contribution in [-0.4, -0.2) is 35.6 Å². The normalized spacial score (nSPS) is 17.8.